The van der Waals surface area contributed by atoms with Gasteiger partial charge in [-0.15, -0.1) is 0 Å². The first-order valence-corrected chi connectivity index (χ1v) is 3.90. The Bertz CT molecular complexity index is 231. The Balaban J connectivity index is 2.96. The molecule has 0 radical (unpaired) electrons. The Kier molecular flexibility index (Phi) is 1.99. The van der Waals surface area contributed by atoms with Crippen LogP contribution in [0.4, 0.5) is 0 Å². The summed E-state index contributed by atoms with van der Waals surface area (Å²) in [5.74, 6) is 0. The van der Waals surface area contributed by atoms with Crippen molar-refractivity contribution in [3.63, 3.8) is 0 Å². The van der Waals surface area contributed by atoms with Crippen molar-refractivity contribution in [3.8, 4) is 0 Å². The van der Waals surface area contributed by atoms with Crippen LogP contribution < -0.4 is 0 Å². The summed E-state index contributed by atoms with van der Waals surface area (Å²) in [6.07, 6.45) is 6.07. The van der Waals surface area contributed by atoms with Crippen LogP contribution in [0.2, 0.25) is 0 Å². The normalized spacial score (nSPS) is 22.1. The van der Waals surface area contributed by atoms with Crippen molar-refractivity contribution in [2.24, 2.45) is 5.41 Å². The first kappa shape index (κ1) is 8.25. The summed E-state index contributed by atoms with van der Waals surface area (Å²) in [4.78, 5) is 10.6. The molecule has 1 heteroatoms. The van der Waals surface area contributed by atoms with Gasteiger partial charge in [-0.2, -0.15) is 0 Å². The van der Waals surface area contributed by atoms with Gasteiger partial charge in [-0.25, -0.2) is 0 Å². The van der Waals surface area contributed by atoms with Gasteiger partial charge in [-0.05, 0) is 18.9 Å². The zero-order valence-electron chi connectivity index (χ0n) is 7.35. The molecule has 0 aromatic carbocycles. The molecular weight excluding hydrogens is 136 g/mol. The van der Waals surface area contributed by atoms with Crippen LogP contribution in [0.5, 0.6) is 0 Å². The van der Waals surface area contributed by atoms with Gasteiger partial charge in [0, 0.05) is 5.41 Å². The highest BCUT2D eigenvalue weighted by molar-refractivity contribution is 5.76. The van der Waals surface area contributed by atoms with E-state index in [0.29, 0.717) is 0 Å². The largest absolute Gasteiger partial charge is 0.298 e. The van der Waals surface area contributed by atoms with Crippen molar-refractivity contribution in [1.29, 1.82) is 0 Å². The lowest BCUT2D eigenvalue weighted by molar-refractivity contribution is -0.105. The molecule has 0 fully saturated rings. The minimum Gasteiger partial charge on any atom is -0.298 e. The molecule has 11 heavy (non-hydrogen) atoms. The van der Waals surface area contributed by atoms with Gasteiger partial charge in [0.1, 0.15) is 6.29 Å². The maximum absolute atomic E-state index is 10.6. The second-order valence-corrected chi connectivity index (χ2v) is 3.69. The molecule has 0 heterocycles. The molecule has 0 spiro atoms. The van der Waals surface area contributed by atoms with E-state index in [4.69, 9.17) is 0 Å². The lowest BCUT2D eigenvalue weighted by Gasteiger charge is -2.25. The first-order valence-electron chi connectivity index (χ1n) is 3.90. The zero-order valence-corrected chi connectivity index (χ0v) is 7.35. The predicted octanol–water partition coefficient (Wildman–Crippen LogP) is 2.49. The van der Waals surface area contributed by atoms with E-state index < -0.39 is 0 Å². The van der Waals surface area contributed by atoms with Crippen molar-refractivity contribution in [1.82, 2.24) is 0 Å². The van der Waals surface area contributed by atoms with Crippen LogP contribution in [-0.4, -0.2) is 6.29 Å². The molecule has 0 N–H and O–H groups in total. The molecular formula is C10H14O. The van der Waals surface area contributed by atoms with Crippen LogP contribution in [0.1, 0.15) is 27.2 Å². The SMILES string of the molecule is CC1=CC(C)(C)C(C=O)=CC1. The fourth-order valence-electron chi connectivity index (χ4n) is 1.49. The number of carbonyl (C=O) groups excluding carboxylic acids is 1. The molecule has 1 nitrogen and oxygen atoms in total. The molecule has 0 amide bonds. The van der Waals surface area contributed by atoms with E-state index in [1.54, 1.807) is 0 Å². The van der Waals surface area contributed by atoms with Crippen molar-refractivity contribution < 1.29 is 4.79 Å². The van der Waals surface area contributed by atoms with Gasteiger partial charge < -0.3 is 0 Å². The third kappa shape index (κ3) is 1.59. The third-order valence-corrected chi connectivity index (χ3v) is 2.12. The Morgan fingerprint density at radius 2 is 2.18 bits per heavy atom. The summed E-state index contributed by atoms with van der Waals surface area (Å²) >= 11 is 0. The van der Waals surface area contributed by atoms with Crippen LogP contribution in [0.15, 0.2) is 23.3 Å². The summed E-state index contributed by atoms with van der Waals surface area (Å²) in [7, 11) is 0. The topological polar surface area (TPSA) is 17.1 Å². The van der Waals surface area contributed by atoms with Crippen LogP contribution >= 0.6 is 0 Å². The fourth-order valence-corrected chi connectivity index (χ4v) is 1.49. The highest BCUT2D eigenvalue weighted by atomic mass is 16.1. The molecule has 0 saturated carbocycles. The number of allylic oxidation sites excluding steroid dienone is 4. The van der Waals surface area contributed by atoms with E-state index in [0.717, 1.165) is 18.3 Å². The van der Waals surface area contributed by atoms with Crippen molar-refractivity contribution in [3.05, 3.63) is 23.3 Å². The van der Waals surface area contributed by atoms with E-state index in [1.165, 1.54) is 5.57 Å². The average Bonchev–Trinajstić information content (AvgIpc) is 1.85. The number of carbonyl (C=O) groups is 1. The molecule has 1 rings (SSSR count). The number of hydrogen-bond donors (Lipinski definition) is 0. The predicted molar refractivity (Wildman–Crippen MR) is 46.3 cm³/mol. The van der Waals surface area contributed by atoms with E-state index in [1.807, 2.05) is 6.08 Å². The summed E-state index contributed by atoms with van der Waals surface area (Å²) in [6, 6.07) is 0. The minimum atomic E-state index is -0.0515. The maximum atomic E-state index is 10.6. The Labute approximate surface area is 67.8 Å². The third-order valence-electron chi connectivity index (χ3n) is 2.12. The zero-order chi connectivity index (χ0) is 8.48. The molecule has 0 bridgehead atoms. The average molecular weight is 150 g/mol. The van der Waals surface area contributed by atoms with E-state index in [-0.39, 0.29) is 5.41 Å². The Hall–Kier alpha value is -0.850. The van der Waals surface area contributed by atoms with Crippen molar-refractivity contribution in [2.45, 2.75) is 27.2 Å². The lowest BCUT2D eigenvalue weighted by atomic mass is 9.79. The quantitative estimate of drug-likeness (QED) is 0.414. The van der Waals surface area contributed by atoms with Gasteiger partial charge in [0.25, 0.3) is 0 Å². The summed E-state index contributed by atoms with van der Waals surface area (Å²) in [6.45, 7) is 6.23. The van der Waals surface area contributed by atoms with Gasteiger partial charge in [0.2, 0.25) is 0 Å². The van der Waals surface area contributed by atoms with E-state index >= 15 is 0 Å². The summed E-state index contributed by atoms with van der Waals surface area (Å²) in [5, 5.41) is 0. The fraction of sp³-hybridized carbons (Fsp3) is 0.500. The van der Waals surface area contributed by atoms with Gasteiger partial charge in [0.05, 0.1) is 0 Å². The second-order valence-electron chi connectivity index (χ2n) is 3.69. The van der Waals surface area contributed by atoms with Gasteiger partial charge in [-0.1, -0.05) is 31.6 Å². The summed E-state index contributed by atoms with van der Waals surface area (Å²) < 4.78 is 0. The van der Waals surface area contributed by atoms with Gasteiger partial charge >= 0.3 is 0 Å². The van der Waals surface area contributed by atoms with Crippen molar-refractivity contribution in [2.75, 3.05) is 0 Å². The molecule has 0 aliphatic heterocycles. The Morgan fingerprint density at radius 3 is 2.64 bits per heavy atom. The molecule has 1 aliphatic carbocycles. The van der Waals surface area contributed by atoms with Crippen molar-refractivity contribution >= 4 is 6.29 Å². The minimum absolute atomic E-state index is 0.0515. The molecule has 0 unspecified atom stereocenters. The maximum Gasteiger partial charge on any atom is 0.146 e. The molecule has 1 aliphatic rings. The van der Waals surface area contributed by atoms with Crippen LogP contribution in [0.25, 0.3) is 0 Å². The number of aldehydes is 1. The highest BCUT2D eigenvalue weighted by Crippen LogP contribution is 2.32. The summed E-state index contributed by atoms with van der Waals surface area (Å²) in [5.41, 5.74) is 2.20. The van der Waals surface area contributed by atoms with Crippen LogP contribution in [0.3, 0.4) is 0 Å². The van der Waals surface area contributed by atoms with Gasteiger partial charge in [0.15, 0.2) is 0 Å². The standard InChI is InChI=1S/C10H14O/c1-8-4-5-9(7-11)10(2,3)6-8/h5-7H,4H2,1-3H3. The van der Waals surface area contributed by atoms with E-state index in [2.05, 4.69) is 26.8 Å². The lowest BCUT2D eigenvalue weighted by Crippen LogP contribution is -2.16. The molecule has 60 valence electrons. The Morgan fingerprint density at radius 1 is 1.55 bits per heavy atom. The van der Waals surface area contributed by atoms with E-state index in [9.17, 15) is 4.79 Å². The molecule has 0 atom stereocenters. The monoisotopic (exact) mass is 150 g/mol. The van der Waals surface area contributed by atoms with Gasteiger partial charge in [-0.3, -0.25) is 4.79 Å². The van der Waals surface area contributed by atoms with Crippen LogP contribution in [-0.2, 0) is 4.79 Å². The molecule has 0 aromatic rings. The number of hydrogen-bond acceptors (Lipinski definition) is 1. The second kappa shape index (κ2) is 2.65. The smallest absolute Gasteiger partial charge is 0.146 e. The van der Waals surface area contributed by atoms with Crippen LogP contribution in [0, 0.1) is 5.41 Å². The molecule has 0 aromatic heterocycles. The number of rotatable bonds is 1. The molecule has 0 saturated heterocycles. The highest BCUT2D eigenvalue weighted by Gasteiger charge is 2.22. The first-order chi connectivity index (χ1) is 5.06.